The van der Waals surface area contributed by atoms with Crippen molar-refractivity contribution in [2.24, 2.45) is 16.8 Å². The van der Waals surface area contributed by atoms with Crippen LogP contribution in [0.25, 0.3) is 0 Å². The van der Waals surface area contributed by atoms with Crippen molar-refractivity contribution >= 4 is 11.7 Å². The zero-order valence-corrected chi connectivity index (χ0v) is 9.23. The number of nitrogens with two attached hydrogens (primary N) is 1. The van der Waals surface area contributed by atoms with E-state index in [2.05, 4.69) is 22.0 Å². The quantitative estimate of drug-likeness (QED) is 0.737. The molecule has 2 heterocycles. The Balaban J connectivity index is 2.31. The SMILES string of the molecule is Cc1cc(N2CC(C)C(N)=N2)nc(C)n1. The maximum Gasteiger partial charge on any atom is 0.152 e. The number of hydrogen-bond acceptors (Lipinski definition) is 5. The molecule has 1 unspecified atom stereocenters. The van der Waals surface area contributed by atoms with E-state index in [1.807, 2.05) is 24.9 Å². The maximum atomic E-state index is 5.75. The number of anilines is 1. The van der Waals surface area contributed by atoms with Gasteiger partial charge in [0.25, 0.3) is 0 Å². The van der Waals surface area contributed by atoms with Crippen LogP contribution in [0, 0.1) is 19.8 Å². The summed E-state index contributed by atoms with van der Waals surface area (Å²) in [6.45, 7) is 6.68. The van der Waals surface area contributed by atoms with Crippen molar-refractivity contribution in [3.05, 3.63) is 17.6 Å². The van der Waals surface area contributed by atoms with E-state index in [9.17, 15) is 0 Å². The highest BCUT2D eigenvalue weighted by Crippen LogP contribution is 2.19. The molecular formula is C10H15N5. The van der Waals surface area contributed by atoms with E-state index >= 15 is 0 Å². The second-order valence-electron chi connectivity index (χ2n) is 3.92. The first-order chi connectivity index (χ1) is 7.06. The number of rotatable bonds is 1. The van der Waals surface area contributed by atoms with Crippen molar-refractivity contribution in [1.29, 1.82) is 0 Å². The second kappa shape index (κ2) is 3.49. The molecule has 0 aromatic carbocycles. The first-order valence-electron chi connectivity index (χ1n) is 5.00. The fourth-order valence-corrected chi connectivity index (χ4v) is 1.61. The molecule has 0 saturated heterocycles. The van der Waals surface area contributed by atoms with Crippen molar-refractivity contribution < 1.29 is 0 Å². The zero-order chi connectivity index (χ0) is 11.0. The van der Waals surface area contributed by atoms with Gasteiger partial charge in [-0.15, -0.1) is 0 Å². The first kappa shape index (κ1) is 9.89. The van der Waals surface area contributed by atoms with E-state index in [0.29, 0.717) is 11.8 Å². The molecule has 0 aliphatic carbocycles. The van der Waals surface area contributed by atoms with Gasteiger partial charge in [0.05, 0.1) is 6.54 Å². The number of hydrogen-bond donors (Lipinski definition) is 1. The Morgan fingerprint density at radius 1 is 1.40 bits per heavy atom. The van der Waals surface area contributed by atoms with E-state index in [0.717, 1.165) is 23.9 Å². The molecule has 1 aliphatic heterocycles. The molecule has 0 radical (unpaired) electrons. The Labute approximate surface area is 89.0 Å². The minimum Gasteiger partial charge on any atom is -0.385 e. The Morgan fingerprint density at radius 3 is 2.67 bits per heavy atom. The van der Waals surface area contributed by atoms with Gasteiger partial charge in [-0.25, -0.2) is 15.0 Å². The Bertz CT molecular complexity index is 392. The third kappa shape index (κ3) is 1.91. The Hall–Kier alpha value is -1.65. The highest BCUT2D eigenvalue weighted by atomic mass is 15.5. The molecule has 0 spiro atoms. The van der Waals surface area contributed by atoms with Crippen LogP contribution in [0.1, 0.15) is 18.4 Å². The standard InChI is InChI=1S/C10H15N5/c1-6-5-15(14-10(6)11)9-4-7(2)12-8(3)13-9/h4,6H,5H2,1-3H3,(H2,11,14). The summed E-state index contributed by atoms with van der Waals surface area (Å²) in [4.78, 5) is 8.56. The van der Waals surface area contributed by atoms with E-state index in [4.69, 9.17) is 5.73 Å². The van der Waals surface area contributed by atoms with Gasteiger partial charge in [-0.05, 0) is 13.8 Å². The summed E-state index contributed by atoms with van der Waals surface area (Å²) in [5, 5.41) is 6.09. The molecule has 0 amide bonds. The first-order valence-corrected chi connectivity index (χ1v) is 5.00. The largest absolute Gasteiger partial charge is 0.385 e. The normalized spacial score (nSPS) is 20.6. The molecule has 5 nitrogen and oxygen atoms in total. The monoisotopic (exact) mass is 205 g/mol. The predicted octanol–water partition coefficient (Wildman–Crippen LogP) is 0.822. The van der Waals surface area contributed by atoms with E-state index in [1.54, 1.807) is 0 Å². The molecule has 2 rings (SSSR count). The van der Waals surface area contributed by atoms with Crippen LogP contribution in [0.2, 0.25) is 0 Å². The lowest BCUT2D eigenvalue weighted by molar-refractivity contribution is 0.759. The van der Waals surface area contributed by atoms with Crippen molar-refractivity contribution in [3.63, 3.8) is 0 Å². The molecule has 15 heavy (non-hydrogen) atoms. The van der Waals surface area contributed by atoms with Crippen molar-refractivity contribution in [2.45, 2.75) is 20.8 Å². The van der Waals surface area contributed by atoms with Crippen LogP contribution in [0.15, 0.2) is 11.2 Å². The van der Waals surface area contributed by atoms with Gasteiger partial charge in [-0.1, -0.05) is 6.92 Å². The fourth-order valence-electron chi connectivity index (χ4n) is 1.61. The summed E-state index contributed by atoms with van der Waals surface area (Å²) in [5.74, 6) is 2.55. The van der Waals surface area contributed by atoms with Gasteiger partial charge >= 0.3 is 0 Å². The van der Waals surface area contributed by atoms with Crippen LogP contribution >= 0.6 is 0 Å². The maximum absolute atomic E-state index is 5.75. The van der Waals surface area contributed by atoms with Gasteiger partial charge in [0.1, 0.15) is 11.7 Å². The summed E-state index contributed by atoms with van der Waals surface area (Å²) in [7, 11) is 0. The molecule has 1 aromatic heterocycles. The highest BCUT2D eigenvalue weighted by molar-refractivity contribution is 5.86. The highest BCUT2D eigenvalue weighted by Gasteiger charge is 2.22. The van der Waals surface area contributed by atoms with Crippen LogP contribution in [0.4, 0.5) is 5.82 Å². The molecule has 2 N–H and O–H groups in total. The van der Waals surface area contributed by atoms with Crippen molar-refractivity contribution in [2.75, 3.05) is 11.6 Å². The summed E-state index contributed by atoms with van der Waals surface area (Å²) in [5.41, 5.74) is 6.70. The van der Waals surface area contributed by atoms with E-state index < -0.39 is 0 Å². The molecule has 0 saturated carbocycles. The Kier molecular flexibility index (Phi) is 2.30. The molecule has 1 aromatic rings. The third-order valence-corrected chi connectivity index (χ3v) is 2.40. The number of aryl methyl sites for hydroxylation is 2. The van der Waals surface area contributed by atoms with Gasteiger partial charge in [0.2, 0.25) is 0 Å². The number of aromatic nitrogens is 2. The summed E-state index contributed by atoms with van der Waals surface area (Å²) < 4.78 is 0. The molecule has 1 aliphatic rings. The zero-order valence-electron chi connectivity index (χ0n) is 9.23. The van der Waals surface area contributed by atoms with Crippen LogP contribution in [0.3, 0.4) is 0 Å². The fraction of sp³-hybridized carbons (Fsp3) is 0.500. The minimum absolute atomic E-state index is 0.292. The topological polar surface area (TPSA) is 67.4 Å². The van der Waals surface area contributed by atoms with Gasteiger partial charge in [0.15, 0.2) is 5.82 Å². The second-order valence-corrected chi connectivity index (χ2v) is 3.92. The molecule has 5 heteroatoms. The van der Waals surface area contributed by atoms with Gasteiger partial charge in [-0.3, -0.25) is 0 Å². The number of amidine groups is 1. The van der Waals surface area contributed by atoms with E-state index in [1.165, 1.54) is 0 Å². The van der Waals surface area contributed by atoms with Crippen molar-refractivity contribution in [3.8, 4) is 0 Å². The number of nitrogens with zero attached hydrogens (tertiary/aromatic N) is 4. The van der Waals surface area contributed by atoms with Crippen LogP contribution in [-0.4, -0.2) is 22.3 Å². The molecular weight excluding hydrogens is 190 g/mol. The van der Waals surface area contributed by atoms with Gasteiger partial charge in [-0.2, -0.15) is 5.10 Å². The van der Waals surface area contributed by atoms with E-state index in [-0.39, 0.29) is 0 Å². The smallest absolute Gasteiger partial charge is 0.152 e. The molecule has 0 bridgehead atoms. The van der Waals surface area contributed by atoms with Crippen LogP contribution < -0.4 is 10.7 Å². The molecule has 80 valence electrons. The number of hydrazone groups is 1. The summed E-state index contributed by atoms with van der Waals surface area (Å²) >= 11 is 0. The minimum atomic E-state index is 0.292. The van der Waals surface area contributed by atoms with Crippen molar-refractivity contribution in [1.82, 2.24) is 9.97 Å². The lowest BCUT2D eigenvalue weighted by Gasteiger charge is -2.13. The average molecular weight is 205 g/mol. The lowest BCUT2D eigenvalue weighted by atomic mass is 10.2. The third-order valence-electron chi connectivity index (χ3n) is 2.40. The lowest BCUT2D eigenvalue weighted by Crippen LogP contribution is -2.21. The summed E-state index contributed by atoms with van der Waals surface area (Å²) in [6, 6.07) is 1.92. The Morgan fingerprint density at radius 2 is 2.13 bits per heavy atom. The van der Waals surface area contributed by atoms with Gasteiger partial charge in [0, 0.05) is 17.7 Å². The molecule has 1 atom stereocenters. The average Bonchev–Trinajstić information content (AvgIpc) is 2.45. The molecule has 0 fully saturated rings. The van der Waals surface area contributed by atoms with Crippen LogP contribution in [-0.2, 0) is 0 Å². The van der Waals surface area contributed by atoms with Gasteiger partial charge < -0.3 is 5.73 Å². The summed E-state index contributed by atoms with van der Waals surface area (Å²) in [6.07, 6.45) is 0. The predicted molar refractivity (Wildman–Crippen MR) is 59.6 cm³/mol. The van der Waals surface area contributed by atoms with Crippen LogP contribution in [0.5, 0.6) is 0 Å².